The number of hydrogen-bond donors (Lipinski definition) is 0. The Morgan fingerprint density at radius 3 is 2.38 bits per heavy atom. The van der Waals surface area contributed by atoms with Crippen molar-refractivity contribution in [1.29, 1.82) is 0 Å². The number of ether oxygens (including phenoxy) is 2. The van der Waals surface area contributed by atoms with Crippen molar-refractivity contribution in [2.24, 2.45) is 5.41 Å². The number of anilines is 1. The molecule has 1 amide bonds. The Bertz CT molecular complexity index is 513. The standard InChI is InChI=1S/C19H29NO4/c1-5-7-13-23-15-19(3,4)18(22)20(14-17(21)24-6-2)16-11-9-8-10-12-16/h8-12H,5-7,13-15H2,1-4H3. The second kappa shape index (κ2) is 10.1. The third-order valence-corrected chi connectivity index (χ3v) is 3.59. The fourth-order valence-corrected chi connectivity index (χ4v) is 2.22. The summed E-state index contributed by atoms with van der Waals surface area (Å²) in [5, 5.41) is 0. The van der Waals surface area contributed by atoms with E-state index in [0.29, 0.717) is 25.5 Å². The van der Waals surface area contributed by atoms with Crippen LogP contribution in [0.25, 0.3) is 0 Å². The van der Waals surface area contributed by atoms with E-state index in [4.69, 9.17) is 9.47 Å². The van der Waals surface area contributed by atoms with Gasteiger partial charge in [0.25, 0.3) is 0 Å². The van der Waals surface area contributed by atoms with Crippen LogP contribution in [0, 0.1) is 5.41 Å². The van der Waals surface area contributed by atoms with Gasteiger partial charge in [0.05, 0.1) is 18.6 Å². The molecule has 0 N–H and O–H groups in total. The SMILES string of the molecule is CCCCOCC(C)(C)C(=O)N(CC(=O)OCC)c1ccccc1. The van der Waals surface area contributed by atoms with Crippen LogP contribution >= 0.6 is 0 Å². The summed E-state index contributed by atoms with van der Waals surface area (Å²) in [7, 11) is 0. The average Bonchev–Trinajstić information content (AvgIpc) is 2.57. The van der Waals surface area contributed by atoms with E-state index < -0.39 is 11.4 Å². The van der Waals surface area contributed by atoms with Gasteiger partial charge in [-0.2, -0.15) is 0 Å². The third-order valence-electron chi connectivity index (χ3n) is 3.59. The molecule has 5 heteroatoms. The largest absolute Gasteiger partial charge is 0.465 e. The highest BCUT2D eigenvalue weighted by atomic mass is 16.5. The molecule has 0 radical (unpaired) electrons. The lowest BCUT2D eigenvalue weighted by Crippen LogP contribution is -2.46. The van der Waals surface area contributed by atoms with E-state index in [1.807, 2.05) is 44.2 Å². The summed E-state index contributed by atoms with van der Waals surface area (Å²) < 4.78 is 10.6. The highest BCUT2D eigenvalue weighted by Gasteiger charge is 2.34. The maximum Gasteiger partial charge on any atom is 0.326 e. The van der Waals surface area contributed by atoms with E-state index in [9.17, 15) is 9.59 Å². The van der Waals surface area contributed by atoms with E-state index >= 15 is 0 Å². The molecule has 0 aliphatic rings. The molecular weight excluding hydrogens is 306 g/mol. The predicted molar refractivity (Wildman–Crippen MR) is 94.9 cm³/mol. The van der Waals surface area contributed by atoms with E-state index in [2.05, 4.69) is 6.92 Å². The highest BCUT2D eigenvalue weighted by Crippen LogP contribution is 2.24. The summed E-state index contributed by atoms with van der Waals surface area (Å²) in [6.07, 6.45) is 2.02. The quantitative estimate of drug-likeness (QED) is 0.485. The monoisotopic (exact) mass is 335 g/mol. The molecule has 5 nitrogen and oxygen atoms in total. The fraction of sp³-hybridized carbons (Fsp3) is 0.579. The lowest BCUT2D eigenvalue weighted by atomic mass is 9.92. The van der Waals surface area contributed by atoms with Crippen molar-refractivity contribution in [2.45, 2.75) is 40.5 Å². The first kappa shape index (κ1) is 20.2. The molecule has 0 aliphatic carbocycles. The lowest BCUT2D eigenvalue weighted by molar-refractivity contribution is -0.143. The van der Waals surface area contributed by atoms with Crippen molar-refractivity contribution in [3.63, 3.8) is 0 Å². The number of carbonyl (C=O) groups excluding carboxylic acids is 2. The number of benzene rings is 1. The van der Waals surface area contributed by atoms with Gasteiger partial charge in [-0.05, 0) is 39.3 Å². The minimum atomic E-state index is -0.726. The normalized spacial score (nSPS) is 11.2. The van der Waals surface area contributed by atoms with Crippen LogP contribution in [0.1, 0.15) is 40.5 Å². The summed E-state index contributed by atoms with van der Waals surface area (Å²) in [4.78, 5) is 26.4. The smallest absolute Gasteiger partial charge is 0.326 e. The number of rotatable bonds is 10. The summed E-state index contributed by atoms with van der Waals surface area (Å²) in [6.45, 7) is 8.65. The Morgan fingerprint density at radius 1 is 1.12 bits per heavy atom. The number of esters is 1. The molecule has 0 spiro atoms. The average molecular weight is 335 g/mol. The first-order valence-corrected chi connectivity index (χ1v) is 8.52. The van der Waals surface area contributed by atoms with Gasteiger partial charge in [0.15, 0.2) is 0 Å². The molecule has 1 aromatic rings. The van der Waals surface area contributed by atoms with Crippen LogP contribution < -0.4 is 4.90 Å². The molecule has 1 aromatic carbocycles. The number of carbonyl (C=O) groups is 2. The molecule has 0 saturated heterocycles. The maximum absolute atomic E-state index is 13.0. The molecular formula is C19H29NO4. The molecule has 24 heavy (non-hydrogen) atoms. The second-order valence-corrected chi connectivity index (χ2v) is 6.32. The van der Waals surface area contributed by atoms with E-state index in [1.54, 1.807) is 6.92 Å². The fourth-order valence-electron chi connectivity index (χ4n) is 2.22. The van der Waals surface area contributed by atoms with Crippen molar-refractivity contribution in [3.05, 3.63) is 30.3 Å². The molecule has 1 rings (SSSR count). The third kappa shape index (κ3) is 6.32. The van der Waals surface area contributed by atoms with Crippen LogP contribution in [0.15, 0.2) is 30.3 Å². The zero-order valence-electron chi connectivity index (χ0n) is 15.2. The predicted octanol–water partition coefficient (Wildman–Crippen LogP) is 3.43. The van der Waals surface area contributed by atoms with Crippen LogP contribution in [0.2, 0.25) is 0 Å². The minimum Gasteiger partial charge on any atom is -0.465 e. The van der Waals surface area contributed by atoms with Crippen molar-refractivity contribution < 1.29 is 19.1 Å². The number of para-hydroxylation sites is 1. The summed E-state index contributed by atoms with van der Waals surface area (Å²) in [5.74, 6) is -0.573. The van der Waals surface area contributed by atoms with Gasteiger partial charge in [0.1, 0.15) is 6.54 Å². The van der Waals surface area contributed by atoms with E-state index in [0.717, 1.165) is 12.8 Å². The Balaban J connectivity index is 2.88. The summed E-state index contributed by atoms with van der Waals surface area (Å²) in [5.41, 5.74) is -0.0482. The topological polar surface area (TPSA) is 55.8 Å². The molecule has 0 heterocycles. The van der Waals surface area contributed by atoms with Gasteiger partial charge in [-0.1, -0.05) is 31.5 Å². The first-order valence-electron chi connectivity index (χ1n) is 8.52. The summed E-state index contributed by atoms with van der Waals surface area (Å²) >= 11 is 0. The summed E-state index contributed by atoms with van der Waals surface area (Å²) in [6, 6.07) is 9.17. The molecule has 0 bridgehead atoms. The van der Waals surface area contributed by atoms with E-state index in [-0.39, 0.29) is 12.5 Å². The van der Waals surface area contributed by atoms with Crippen molar-refractivity contribution >= 4 is 17.6 Å². The van der Waals surface area contributed by atoms with Crippen LogP contribution in [0.3, 0.4) is 0 Å². The molecule has 0 saturated carbocycles. The van der Waals surface area contributed by atoms with Gasteiger partial charge in [-0.3, -0.25) is 9.59 Å². The molecule has 0 aliphatic heterocycles. The minimum absolute atomic E-state index is 0.102. The van der Waals surface area contributed by atoms with Gasteiger partial charge < -0.3 is 14.4 Å². The number of hydrogen-bond acceptors (Lipinski definition) is 4. The molecule has 0 fully saturated rings. The van der Waals surface area contributed by atoms with Crippen LogP contribution in [-0.4, -0.2) is 38.2 Å². The Labute approximate surface area is 144 Å². The maximum atomic E-state index is 13.0. The van der Waals surface area contributed by atoms with Gasteiger partial charge in [-0.25, -0.2) is 0 Å². The number of amides is 1. The molecule has 0 unspecified atom stereocenters. The number of nitrogens with zero attached hydrogens (tertiary/aromatic N) is 1. The Hall–Kier alpha value is -1.88. The first-order chi connectivity index (χ1) is 11.4. The number of unbranched alkanes of at least 4 members (excludes halogenated alkanes) is 1. The van der Waals surface area contributed by atoms with Gasteiger partial charge >= 0.3 is 5.97 Å². The Kier molecular flexibility index (Phi) is 8.47. The van der Waals surface area contributed by atoms with Gasteiger partial charge in [0, 0.05) is 12.3 Å². The van der Waals surface area contributed by atoms with E-state index in [1.165, 1.54) is 4.90 Å². The zero-order chi connectivity index (χ0) is 18.0. The van der Waals surface area contributed by atoms with Crippen molar-refractivity contribution in [1.82, 2.24) is 0 Å². The highest BCUT2D eigenvalue weighted by molar-refractivity contribution is 6.00. The van der Waals surface area contributed by atoms with Crippen molar-refractivity contribution in [3.8, 4) is 0 Å². The van der Waals surface area contributed by atoms with Crippen LogP contribution in [-0.2, 0) is 19.1 Å². The zero-order valence-corrected chi connectivity index (χ0v) is 15.2. The molecule has 0 atom stereocenters. The second-order valence-electron chi connectivity index (χ2n) is 6.32. The van der Waals surface area contributed by atoms with Gasteiger partial charge in [0.2, 0.25) is 5.91 Å². The molecule has 0 aromatic heterocycles. The van der Waals surface area contributed by atoms with Crippen molar-refractivity contribution in [2.75, 3.05) is 31.3 Å². The lowest BCUT2D eigenvalue weighted by Gasteiger charge is -2.31. The Morgan fingerprint density at radius 2 is 1.79 bits per heavy atom. The van der Waals surface area contributed by atoms with Crippen LogP contribution in [0.5, 0.6) is 0 Å². The van der Waals surface area contributed by atoms with Crippen LogP contribution in [0.4, 0.5) is 5.69 Å². The molecule has 134 valence electrons. The van der Waals surface area contributed by atoms with Gasteiger partial charge in [-0.15, -0.1) is 0 Å².